The molecule has 0 saturated heterocycles. The first-order chi connectivity index (χ1) is 12.9. The molecule has 0 bridgehead atoms. The smallest absolute Gasteiger partial charge is 0.194 e. The van der Waals surface area contributed by atoms with Crippen LogP contribution in [0, 0.1) is 0 Å². The van der Waals surface area contributed by atoms with Crippen molar-refractivity contribution >= 4 is 52.9 Å². The van der Waals surface area contributed by atoms with Crippen LogP contribution >= 0.6 is 46.9 Å². The monoisotopic (exact) mass is 538 g/mol. The fraction of sp³-hybridized carbons (Fsp3) is 0.474. The number of benzene rings is 1. The second-order valence-corrected chi connectivity index (χ2v) is 7.50. The number of thiazole rings is 1. The minimum Gasteiger partial charge on any atom is -0.386 e. The number of aliphatic hydroxyl groups is 1. The van der Waals surface area contributed by atoms with Gasteiger partial charge in [-0.3, -0.25) is 4.99 Å². The Kier molecular flexibility index (Phi) is 11.3. The Morgan fingerprint density at radius 3 is 2.68 bits per heavy atom. The molecule has 0 spiro atoms. The van der Waals surface area contributed by atoms with Crippen LogP contribution in [0.4, 0.5) is 0 Å². The molecule has 28 heavy (non-hydrogen) atoms. The van der Waals surface area contributed by atoms with E-state index in [0.29, 0.717) is 11.6 Å². The summed E-state index contributed by atoms with van der Waals surface area (Å²) in [6.45, 7) is 5.62. The van der Waals surface area contributed by atoms with E-state index in [4.69, 9.17) is 16.3 Å². The number of aromatic nitrogens is 1. The summed E-state index contributed by atoms with van der Waals surface area (Å²) in [4.78, 5) is 11.2. The number of halogens is 2. The number of rotatable bonds is 8. The van der Waals surface area contributed by atoms with Crippen LogP contribution in [0.3, 0.4) is 0 Å². The lowest BCUT2D eigenvalue weighted by Crippen LogP contribution is -2.38. The van der Waals surface area contributed by atoms with E-state index < -0.39 is 6.10 Å². The fourth-order valence-corrected chi connectivity index (χ4v) is 3.40. The van der Waals surface area contributed by atoms with Crippen molar-refractivity contribution in [3.63, 3.8) is 0 Å². The first-order valence-electron chi connectivity index (χ1n) is 8.84. The third-order valence-corrected chi connectivity index (χ3v) is 5.34. The van der Waals surface area contributed by atoms with E-state index in [1.807, 2.05) is 43.3 Å². The van der Waals surface area contributed by atoms with Crippen LogP contribution in [-0.4, -0.2) is 48.2 Å². The maximum absolute atomic E-state index is 10.4. The van der Waals surface area contributed by atoms with Gasteiger partial charge >= 0.3 is 0 Å². The normalized spacial score (nSPS) is 13.6. The molecule has 0 radical (unpaired) electrons. The molecular formula is C19H28ClIN4O2S. The third kappa shape index (κ3) is 7.47. The second-order valence-electron chi connectivity index (χ2n) is 6.17. The van der Waals surface area contributed by atoms with Crippen molar-refractivity contribution in [3.8, 4) is 0 Å². The zero-order chi connectivity index (χ0) is 19.8. The highest BCUT2D eigenvalue weighted by atomic mass is 127. The number of aliphatic hydroxyl groups excluding tert-OH is 1. The average molecular weight is 539 g/mol. The van der Waals surface area contributed by atoms with E-state index in [2.05, 4.69) is 15.3 Å². The van der Waals surface area contributed by atoms with Crippen LogP contribution in [0.25, 0.3) is 0 Å². The van der Waals surface area contributed by atoms with Crippen LogP contribution < -0.4 is 5.32 Å². The Bertz CT molecular complexity index is 742. The lowest BCUT2D eigenvalue weighted by atomic mass is 10.1. The van der Waals surface area contributed by atoms with Gasteiger partial charge in [0.25, 0.3) is 0 Å². The number of guanidine groups is 1. The van der Waals surface area contributed by atoms with Gasteiger partial charge in [0.1, 0.15) is 11.1 Å². The summed E-state index contributed by atoms with van der Waals surface area (Å²) in [7, 11) is 3.63. The highest BCUT2D eigenvalue weighted by Crippen LogP contribution is 2.21. The van der Waals surface area contributed by atoms with E-state index in [9.17, 15) is 5.11 Å². The maximum Gasteiger partial charge on any atom is 0.194 e. The molecule has 2 atom stereocenters. The highest BCUT2D eigenvalue weighted by Gasteiger charge is 2.14. The predicted octanol–water partition coefficient (Wildman–Crippen LogP) is 4.25. The van der Waals surface area contributed by atoms with Crippen LogP contribution in [0.1, 0.15) is 42.3 Å². The summed E-state index contributed by atoms with van der Waals surface area (Å²) in [6.07, 6.45) is -0.691. The summed E-state index contributed by atoms with van der Waals surface area (Å²) in [5.41, 5.74) is 1.75. The molecule has 0 aliphatic rings. The Balaban J connectivity index is 0.00000392. The summed E-state index contributed by atoms with van der Waals surface area (Å²) in [6, 6.07) is 7.16. The topological polar surface area (TPSA) is 70.0 Å². The largest absolute Gasteiger partial charge is 0.386 e. The summed E-state index contributed by atoms with van der Waals surface area (Å²) >= 11 is 7.49. The summed E-state index contributed by atoms with van der Waals surface area (Å²) < 4.78 is 5.32. The molecule has 2 rings (SSSR count). The van der Waals surface area contributed by atoms with Gasteiger partial charge in [-0.25, -0.2) is 4.98 Å². The van der Waals surface area contributed by atoms with Gasteiger partial charge in [-0.05, 0) is 31.5 Å². The molecule has 2 aromatic rings. The SMILES string of the molecule is CCNC(=NCC(O)c1ccc(Cl)cc1)N(C)Cc1csc(C(C)OC)n1.I. The van der Waals surface area contributed by atoms with Crippen molar-refractivity contribution in [2.24, 2.45) is 4.99 Å². The van der Waals surface area contributed by atoms with Crippen molar-refractivity contribution < 1.29 is 9.84 Å². The maximum atomic E-state index is 10.4. The first kappa shape index (κ1) is 25.1. The van der Waals surface area contributed by atoms with Crippen LogP contribution in [0.2, 0.25) is 5.02 Å². The lowest BCUT2D eigenvalue weighted by Gasteiger charge is -2.21. The quantitative estimate of drug-likeness (QED) is 0.299. The average Bonchev–Trinajstić information content (AvgIpc) is 3.13. The molecule has 6 nitrogen and oxygen atoms in total. The molecule has 0 fully saturated rings. The molecule has 0 aliphatic carbocycles. The van der Waals surface area contributed by atoms with Crippen molar-refractivity contribution in [1.82, 2.24) is 15.2 Å². The van der Waals surface area contributed by atoms with Gasteiger partial charge in [-0.2, -0.15) is 0 Å². The van der Waals surface area contributed by atoms with E-state index in [1.165, 1.54) is 0 Å². The summed E-state index contributed by atoms with van der Waals surface area (Å²) in [5, 5.41) is 17.3. The standard InChI is InChI=1S/C19H27ClN4O2S.HI/c1-5-21-19(22-10-17(25)14-6-8-15(20)9-7-14)24(3)11-16-12-27-18(23-16)13(2)26-4;/h6-9,12-13,17,25H,5,10-11H2,1-4H3,(H,21,22);1H. The van der Waals surface area contributed by atoms with Crippen molar-refractivity contribution in [2.45, 2.75) is 32.6 Å². The number of hydrogen-bond acceptors (Lipinski definition) is 5. The van der Waals surface area contributed by atoms with E-state index in [1.54, 1.807) is 30.6 Å². The van der Waals surface area contributed by atoms with Crippen LogP contribution in [0.5, 0.6) is 0 Å². The molecule has 156 valence electrons. The highest BCUT2D eigenvalue weighted by molar-refractivity contribution is 14.0. The minimum atomic E-state index is -0.683. The van der Waals surface area contributed by atoms with Crippen LogP contribution in [-0.2, 0) is 11.3 Å². The fourth-order valence-electron chi connectivity index (χ4n) is 2.43. The van der Waals surface area contributed by atoms with Crippen molar-refractivity contribution in [2.75, 3.05) is 27.2 Å². The molecule has 0 saturated carbocycles. The second kappa shape index (κ2) is 12.6. The Labute approximate surface area is 193 Å². The molecule has 2 N–H and O–H groups in total. The van der Waals surface area contributed by atoms with Gasteiger partial charge in [-0.1, -0.05) is 23.7 Å². The lowest BCUT2D eigenvalue weighted by molar-refractivity contribution is 0.119. The molecular weight excluding hydrogens is 511 g/mol. The number of hydrogen-bond donors (Lipinski definition) is 2. The number of aliphatic imine (C=N–C) groups is 1. The number of methoxy groups -OCH3 is 1. The van der Waals surface area contributed by atoms with E-state index in [0.717, 1.165) is 28.8 Å². The van der Waals surface area contributed by atoms with Crippen LogP contribution in [0.15, 0.2) is 34.6 Å². The summed E-state index contributed by atoms with van der Waals surface area (Å²) in [5.74, 6) is 0.722. The Hall–Kier alpha value is -0.940. The molecule has 0 aliphatic heterocycles. The van der Waals surface area contributed by atoms with Crippen molar-refractivity contribution in [1.29, 1.82) is 0 Å². The number of nitrogens with zero attached hydrogens (tertiary/aromatic N) is 3. The molecule has 9 heteroatoms. The predicted molar refractivity (Wildman–Crippen MR) is 127 cm³/mol. The van der Waals surface area contributed by atoms with E-state index in [-0.39, 0.29) is 36.6 Å². The Morgan fingerprint density at radius 1 is 1.39 bits per heavy atom. The number of nitrogens with one attached hydrogen (secondary N) is 1. The molecule has 2 unspecified atom stereocenters. The van der Waals surface area contributed by atoms with Gasteiger partial charge < -0.3 is 20.1 Å². The third-order valence-electron chi connectivity index (χ3n) is 4.04. The molecule has 0 amide bonds. The molecule has 1 aromatic carbocycles. The zero-order valence-electron chi connectivity index (χ0n) is 16.6. The molecule has 1 heterocycles. The Morgan fingerprint density at radius 2 is 2.07 bits per heavy atom. The van der Waals surface area contributed by atoms with Gasteiger partial charge in [0.2, 0.25) is 0 Å². The molecule has 1 aromatic heterocycles. The van der Waals surface area contributed by atoms with Crippen molar-refractivity contribution in [3.05, 3.63) is 50.9 Å². The van der Waals surface area contributed by atoms with Gasteiger partial charge in [-0.15, -0.1) is 35.3 Å². The van der Waals surface area contributed by atoms with Gasteiger partial charge in [0.05, 0.1) is 24.9 Å². The zero-order valence-corrected chi connectivity index (χ0v) is 20.5. The van der Waals surface area contributed by atoms with Gasteiger partial charge in [0, 0.05) is 31.1 Å². The van der Waals surface area contributed by atoms with Gasteiger partial charge in [0.15, 0.2) is 5.96 Å². The minimum absolute atomic E-state index is 0. The first-order valence-corrected chi connectivity index (χ1v) is 10.1. The van der Waals surface area contributed by atoms with E-state index >= 15 is 0 Å². The number of ether oxygens (including phenoxy) is 1.